The fraction of sp³-hybridized carbons (Fsp3) is 0.500. The molecule has 0 unspecified atom stereocenters. The summed E-state index contributed by atoms with van der Waals surface area (Å²) in [5, 5.41) is 0. The molecule has 0 aromatic heterocycles. The molecule has 0 amide bonds. The Balaban J connectivity index is 1.57. The summed E-state index contributed by atoms with van der Waals surface area (Å²) in [7, 11) is 0. The van der Waals surface area contributed by atoms with Crippen LogP contribution in [0.15, 0.2) is 42.5 Å². The van der Waals surface area contributed by atoms with Gasteiger partial charge in [-0.1, -0.05) is 56.9 Å². The van der Waals surface area contributed by atoms with E-state index in [1.807, 2.05) is 6.07 Å². The summed E-state index contributed by atoms with van der Waals surface area (Å²) in [6.45, 7) is 2.26. The average molecular weight is 357 g/mol. The van der Waals surface area contributed by atoms with Crippen LogP contribution in [0.2, 0.25) is 0 Å². The third-order valence-electron chi connectivity index (χ3n) is 5.92. The Kier molecular flexibility index (Phi) is 6.82. The number of hydrogen-bond acceptors (Lipinski definition) is 0. The number of benzene rings is 2. The minimum atomic E-state index is -0.255. The second-order valence-electron chi connectivity index (χ2n) is 7.87. The summed E-state index contributed by atoms with van der Waals surface area (Å²) >= 11 is 0. The minimum absolute atomic E-state index is 0.128. The maximum absolute atomic E-state index is 14.6. The van der Waals surface area contributed by atoms with Crippen LogP contribution in [0.5, 0.6) is 0 Å². The summed E-state index contributed by atoms with van der Waals surface area (Å²) in [5.41, 5.74) is 2.77. The molecule has 2 aromatic carbocycles. The van der Waals surface area contributed by atoms with Gasteiger partial charge >= 0.3 is 0 Å². The highest BCUT2D eigenvalue weighted by Gasteiger charge is 2.22. The van der Waals surface area contributed by atoms with E-state index in [1.165, 1.54) is 63.5 Å². The molecule has 0 heterocycles. The molecule has 2 heteroatoms. The molecule has 2 aromatic rings. The lowest BCUT2D eigenvalue weighted by Gasteiger charge is -2.29. The number of halogens is 2. The van der Waals surface area contributed by atoms with Gasteiger partial charge in [0.25, 0.3) is 0 Å². The van der Waals surface area contributed by atoms with Crippen LogP contribution in [0.25, 0.3) is 0 Å². The highest BCUT2D eigenvalue weighted by Crippen LogP contribution is 2.38. The first-order chi connectivity index (χ1) is 12.7. The summed E-state index contributed by atoms with van der Waals surface area (Å²) in [4.78, 5) is 0. The molecule has 140 valence electrons. The highest BCUT2D eigenvalue weighted by atomic mass is 19.1. The zero-order valence-electron chi connectivity index (χ0n) is 15.8. The van der Waals surface area contributed by atoms with Crippen LogP contribution < -0.4 is 0 Å². The van der Waals surface area contributed by atoms with E-state index < -0.39 is 0 Å². The summed E-state index contributed by atoms with van der Waals surface area (Å²) in [5.74, 6) is 0.999. The van der Waals surface area contributed by atoms with Gasteiger partial charge in [-0.2, -0.15) is 0 Å². The smallest absolute Gasteiger partial charge is 0.127 e. The molecule has 3 rings (SSSR count). The fourth-order valence-corrected chi connectivity index (χ4v) is 4.25. The van der Waals surface area contributed by atoms with Gasteiger partial charge in [0.1, 0.15) is 11.6 Å². The number of rotatable bonds is 7. The predicted octanol–water partition coefficient (Wildman–Crippen LogP) is 7.41. The van der Waals surface area contributed by atoms with Crippen LogP contribution in [0.4, 0.5) is 8.78 Å². The molecule has 0 N–H and O–H groups in total. The van der Waals surface area contributed by atoms with Crippen LogP contribution in [-0.2, 0) is 6.42 Å². The highest BCUT2D eigenvalue weighted by molar-refractivity contribution is 5.32. The fourth-order valence-electron chi connectivity index (χ4n) is 4.25. The molecule has 0 radical (unpaired) electrons. The molecular weight excluding hydrogens is 326 g/mol. The summed E-state index contributed by atoms with van der Waals surface area (Å²) < 4.78 is 27.6. The Bertz CT molecular complexity index is 682. The van der Waals surface area contributed by atoms with Gasteiger partial charge in [0.15, 0.2) is 0 Å². The van der Waals surface area contributed by atoms with Gasteiger partial charge < -0.3 is 0 Å². The molecule has 1 fully saturated rings. The predicted molar refractivity (Wildman–Crippen MR) is 104 cm³/mol. The van der Waals surface area contributed by atoms with Crippen molar-refractivity contribution in [2.24, 2.45) is 5.92 Å². The molecule has 0 atom stereocenters. The zero-order chi connectivity index (χ0) is 18.4. The van der Waals surface area contributed by atoms with Crippen molar-refractivity contribution in [1.29, 1.82) is 0 Å². The zero-order valence-corrected chi connectivity index (χ0v) is 15.8. The van der Waals surface area contributed by atoms with Crippen molar-refractivity contribution >= 4 is 0 Å². The third-order valence-corrected chi connectivity index (χ3v) is 5.92. The lowest BCUT2D eigenvalue weighted by Crippen LogP contribution is -2.13. The SMILES string of the molecule is CCCCCC1CCC(c2ccc(Cc3ccc(F)cc3)c(F)c2)CC1. The average Bonchev–Trinajstić information content (AvgIpc) is 2.66. The van der Waals surface area contributed by atoms with Gasteiger partial charge in [-0.15, -0.1) is 0 Å². The van der Waals surface area contributed by atoms with Crippen LogP contribution in [-0.4, -0.2) is 0 Å². The molecule has 1 saturated carbocycles. The Labute approximate surface area is 156 Å². The maximum atomic E-state index is 14.6. The van der Waals surface area contributed by atoms with Crippen LogP contribution in [0, 0.1) is 17.6 Å². The standard InChI is InChI=1S/C24H30F2/c1-2-3-4-5-18-6-10-20(11-7-18)21-12-13-22(24(26)17-21)16-19-8-14-23(25)15-9-19/h8-9,12-15,17-18,20H,2-7,10-11,16H2,1H3. The van der Waals surface area contributed by atoms with Crippen molar-refractivity contribution in [2.45, 2.75) is 70.6 Å². The molecule has 1 aliphatic carbocycles. The number of unbranched alkanes of at least 4 members (excludes halogenated alkanes) is 2. The Morgan fingerprint density at radius 2 is 1.62 bits per heavy atom. The van der Waals surface area contributed by atoms with E-state index in [1.54, 1.807) is 18.2 Å². The first-order valence-electron chi connectivity index (χ1n) is 10.2. The maximum Gasteiger partial charge on any atom is 0.127 e. The quantitative estimate of drug-likeness (QED) is 0.453. The van der Waals surface area contributed by atoms with Crippen molar-refractivity contribution in [2.75, 3.05) is 0 Å². The van der Waals surface area contributed by atoms with Gasteiger partial charge in [-0.3, -0.25) is 0 Å². The summed E-state index contributed by atoms with van der Waals surface area (Å²) in [6, 6.07) is 12.1. The van der Waals surface area contributed by atoms with E-state index in [0.29, 0.717) is 17.9 Å². The molecular formula is C24H30F2. The van der Waals surface area contributed by atoms with Gasteiger partial charge in [0, 0.05) is 6.42 Å². The van der Waals surface area contributed by atoms with E-state index in [0.717, 1.165) is 17.0 Å². The molecule has 0 bridgehead atoms. The molecule has 26 heavy (non-hydrogen) atoms. The van der Waals surface area contributed by atoms with E-state index in [4.69, 9.17) is 0 Å². The van der Waals surface area contributed by atoms with Crippen LogP contribution in [0.1, 0.15) is 80.9 Å². The van der Waals surface area contributed by atoms with Crippen LogP contribution >= 0.6 is 0 Å². The third kappa shape index (κ3) is 5.16. The first-order valence-corrected chi connectivity index (χ1v) is 10.2. The van der Waals surface area contributed by atoms with E-state index in [9.17, 15) is 8.78 Å². The van der Waals surface area contributed by atoms with Crippen molar-refractivity contribution in [3.8, 4) is 0 Å². The van der Waals surface area contributed by atoms with Gasteiger partial charge in [-0.25, -0.2) is 8.78 Å². The Morgan fingerprint density at radius 1 is 0.885 bits per heavy atom. The first kappa shape index (κ1) is 19.1. The molecule has 1 aliphatic rings. The van der Waals surface area contributed by atoms with Gasteiger partial charge in [-0.05, 0) is 72.4 Å². The molecule has 0 aliphatic heterocycles. The van der Waals surface area contributed by atoms with Gasteiger partial charge in [0.05, 0.1) is 0 Å². The Morgan fingerprint density at radius 3 is 2.27 bits per heavy atom. The lowest BCUT2D eigenvalue weighted by atomic mass is 9.77. The van der Waals surface area contributed by atoms with Gasteiger partial charge in [0.2, 0.25) is 0 Å². The summed E-state index contributed by atoms with van der Waals surface area (Å²) in [6.07, 6.45) is 10.8. The Hall–Kier alpha value is -1.70. The lowest BCUT2D eigenvalue weighted by molar-refractivity contribution is 0.302. The van der Waals surface area contributed by atoms with E-state index in [2.05, 4.69) is 13.0 Å². The van der Waals surface area contributed by atoms with Crippen molar-refractivity contribution in [1.82, 2.24) is 0 Å². The largest absolute Gasteiger partial charge is 0.207 e. The second-order valence-corrected chi connectivity index (χ2v) is 7.87. The molecule has 0 nitrogen and oxygen atoms in total. The topological polar surface area (TPSA) is 0 Å². The van der Waals surface area contributed by atoms with E-state index >= 15 is 0 Å². The van der Waals surface area contributed by atoms with Crippen molar-refractivity contribution in [3.63, 3.8) is 0 Å². The molecule has 0 saturated heterocycles. The normalized spacial score (nSPS) is 20.3. The molecule has 0 spiro atoms. The monoisotopic (exact) mass is 356 g/mol. The van der Waals surface area contributed by atoms with E-state index in [-0.39, 0.29) is 11.6 Å². The second kappa shape index (κ2) is 9.30. The minimum Gasteiger partial charge on any atom is -0.207 e. The van der Waals surface area contributed by atoms with Crippen LogP contribution in [0.3, 0.4) is 0 Å². The van der Waals surface area contributed by atoms with Crippen molar-refractivity contribution in [3.05, 3.63) is 70.8 Å². The van der Waals surface area contributed by atoms with Crippen molar-refractivity contribution < 1.29 is 8.78 Å². The number of hydrogen-bond donors (Lipinski definition) is 0.